The lowest BCUT2D eigenvalue weighted by Gasteiger charge is -2.37. The quantitative estimate of drug-likeness (QED) is 0.398. The number of nitrogens with zero attached hydrogens (tertiary/aromatic N) is 4. The van der Waals surface area contributed by atoms with Gasteiger partial charge in [0.2, 0.25) is 5.91 Å². The molecule has 0 spiro atoms. The van der Waals surface area contributed by atoms with Crippen LogP contribution in [0.15, 0.2) is 64.5 Å². The Kier molecular flexibility index (Phi) is 7.36. The molecule has 0 radical (unpaired) electrons. The second-order valence-corrected chi connectivity index (χ2v) is 9.82. The largest absolute Gasteiger partial charge is 0.366 e. The first-order chi connectivity index (χ1) is 16.3. The van der Waals surface area contributed by atoms with Crippen LogP contribution in [0.4, 0.5) is 10.1 Å². The molecule has 34 heavy (non-hydrogen) atoms. The molecule has 4 rings (SSSR count). The van der Waals surface area contributed by atoms with Crippen molar-refractivity contribution in [1.29, 1.82) is 0 Å². The van der Waals surface area contributed by atoms with E-state index in [9.17, 15) is 14.0 Å². The summed E-state index contributed by atoms with van der Waals surface area (Å²) >= 11 is 1.30. The number of amides is 1. The highest BCUT2D eigenvalue weighted by Crippen LogP contribution is 2.25. The first-order valence-electron chi connectivity index (χ1n) is 11.4. The van der Waals surface area contributed by atoms with E-state index in [0.717, 1.165) is 5.56 Å². The van der Waals surface area contributed by atoms with Gasteiger partial charge in [0.15, 0.2) is 5.16 Å². The monoisotopic (exact) mass is 480 g/mol. The van der Waals surface area contributed by atoms with Crippen molar-refractivity contribution in [3.63, 3.8) is 0 Å². The standard InChI is InChI=1S/C26H29FN4O2S/c1-18-21(17-20-9-5-4-6-10-20)25(33)29(3)26(28-18)34-19(2)24(32)31-15-13-30(14-16-31)23-12-8-7-11-22(23)27/h4-12,19H,13-17H2,1-3H3. The number of hydrogen-bond acceptors (Lipinski definition) is 5. The Bertz CT molecular complexity index is 1220. The molecule has 0 aliphatic carbocycles. The van der Waals surface area contributed by atoms with Crippen LogP contribution < -0.4 is 10.5 Å². The fraction of sp³-hybridized carbons (Fsp3) is 0.346. The summed E-state index contributed by atoms with van der Waals surface area (Å²) in [5.74, 6) is -0.247. The van der Waals surface area contributed by atoms with Gasteiger partial charge >= 0.3 is 0 Å². The zero-order valence-corrected chi connectivity index (χ0v) is 20.5. The number of thioether (sulfide) groups is 1. The minimum absolute atomic E-state index is 0.00144. The Labute approximate surface area is 203 Å². The van der Waals surface area contributed by atoms with Gasteiger partial charge in [0.25, 0.3) is 5.56 Å². The summed E-state index contributed by atoms with van der Waals surface area (Å²) in [6, 6.07) is 16.6. The summed E-state index contributed by atoms with van der Waals surface area (Å²) in [6.45, 7) is 5.90. The number of aryl methyl sites for hydroxylation is 1. The van der Waals surface area contributed by atoms with Crippen molar-refractivity contribution in [2.45, 2.75) is 30.7 Å². The predicted molar refractivity (Wildman–Crippen MR) is 134 cm³/mol. The zero-order valence-electron chi connectivity index (χ0n) is 19.7. The van der Waals surface area contributed by atoms with Crippen molar-refractivity contribution in [2.75, 3.05) is 31.1 Å². The van der Waals surface area contributed by atoms with Crippen LogP contribution in [-0.4, -0.2) is 51.8 Å². The number of para-hydroxylation sites is 1. The third-order valence-corrected chi connectivity index (χ3v) is 7.32. The minimum atomic E-state index is -0.391. The number of aromatic nitrogens is 2. The van der Waals surface area contributed by atoms with E-state index < -0.39 is 5.25 Å². The molecule has 6 nitrogen and oxygen atoms in total. The number of anilines is 1. The Hall–Kier alpha value is -3.13. The van der Waals surface area contributed by atoms with E-state index in [4.69, 9.17) is 0 Å². The third kappa shape index (κ3) is 5.17. The molecular formula is C26H29FN4O2S. The van der Waals surface area contributed by atoms with E-state index in [2.05, 4.69) is 4.98 Å². The van der Waals surface area contributed by atoms with Crippen molar-refractivity contribution < 1.29 is 9.18 Å². The van der Waals surface area contributed by atoms with Crippen molar-refractivity contribution in [3.8, 4) is 0 Å². The average Bonchev–Trinajstić information content (AvgIpc) is 2.85. The first-order valence-corrected chi connectivity index (χ1v) is 12.3. The molecule has 1 amide bonds. The van der Waals surface area contributed by atoms with Crippen LogP contribution in [0.25, 0.3) is 0 Å². The van der Waals surface area contributed by atoms with Gasteiger partial charge in [-0.3, -0.25) is 14.2 Å². The maximum absolute atomic E-state index is 14.1. The van der Waals surface area contributed by atoms with E-state index in [1.54, 1.807) is 19.2 Å². The number of piperazine rings is 1. The molecule has 0 saturated carbocycles. The molecule has 1 aromatic heterocycles. The first kappa shape index (κ1) is 24.0. The minimum Gasteiger partial charge on any atom is -0.366 e. The molecule has 1 atom stereocenters. The highest BCUT2D eigenvalue weighted by Gasteiger charge is 2.27. The Balaban J connectivity index is 1.41. The van der Waals surface area contributed by atoms with Crippen LogP contribution in [0.5, 0.6) is 0 Å². The van der Waals surface area contributed by atoms with E-state index >= 15 is 0 Å². The van der Waals surface area contributed by atoms with Crippen LogP contribution >= 0.6 is 11.8 Å². The van der Waals surface area contributed by atoms with Gasteiger partial charge in [-0.05, 0) is 31.5 Å². The smallest absolute Gasteiger partial charge is 0.257 e. The van der Waals surface area contributed by atoms with Gasteiger partial charge in [-0.25, -0.2) is 9.37 Å². The molecule has 1 unspecified atom stereocenters. The molecule has 1 aliphatic heterocycles. The van der Waals surface area contributed by atoms with Gasteiger partial charge in [-0.1, -0.05) is 54.2 Å². The number of carbonyl (C=O) groups excluding carboxylic acids is 1. The van der Waals surface area contributed by atoms with E-state index in [1.807, 2.05) is 60.0 Å². The number of halogens is 1. The molecule has 1 fully saturated rings. The Morgan fingerprint density at radius 1 is 1.06 bits per heavy atom. The molecule has 8 heteroatoms. The molecule has 1 saturated heterocycles. The summed E-state index contributed by atoms with van der Waals surface area (Å²) in [5, 5.41) is 0.141. The molecular weight excluding hydrogens is 451 g/mol. The maximum atomic E-state index is 14.1. The maximum Gasteiger partial charge on any atom is 0.257 e. The molecule has 0 N–H and O–H groups in total. The highest BCUT2D eigenvalue weighted by atomic mass is 32.2. The van der Waals surface area contributed by atoms with Gasteiger partial charge < -0.3 is 9.80 Å². The van der Waals surface area contributed by atoms with Crippen LogP contribution in [0, 0.1) is 12.7 Å². The van der Waals surface area contributed by atoms with Crippen LogP contribution in [0.2, 0.25) is 0 Å². The van der Waals surface area contributed by atoms with E-state index in [0.29, 0.717) is 54.7 Å². The average molecular weight is 481 g/mol. The summed E-state index contributed by atoms with van der Waals surface area (Å²) < 4.78 is 15.6. The highest BCUT2D eigenvalue weighted by molar-refractivity contribution is 8.00. The topological polar surface area (TPSA) is 58.4 Å². The molecule has 2 heterocycles. The molecule has 2 aromatic carbocycles. The van der Waals surface area contributed by atoms with Gasteiger partial charge in [0.05, 0.1) is 10.9 Å². The molecule has 178 valence electrons. The Morgan fingerprint density at radius 2 is 1.71 bits per heavy atom. The van der Waals surface area contributed by atoms with E-state index in [-0.39, 0.29) is 17.3 Å². The van der Waals surface area contributed by atoms with Gasteiger partial charge in [0, 0.05) is 50.9 Å². The lowest BCUT2D eigenvalue weighted by Crippen LogP contribution is -2.51. The summed E-state index contributed by atoms with van der Waals surface area (Å²) in [7, 11) is 1.70. The second kappa shape index (κ2) is 10.4. The summed E-state index contributed by atoms with van der Waals surface area (Å²) in [6.07, 6.45) is 0.526. The van der Waals surface area contributed by atoms with Crippen LogP contribution in [-0.2, 0) is 18.3 Å². The van der Waals surface area contributed by atoms with Crippen molar-refractivity contribution in [2.24, 2.45) is 7.05 Å². The second-order valence-electron chi connectivity index (χ2n) is 8.51. The normalized spacial score (nSPS) is 14.8. The van der Waals surface area contributed by atoms with Crippen molar-refractivity contribution in [1.82, 2.24) is 14.5 Å². The van der Waals surface area contributed by atoms with Gasteiger partial charge in [0.1, 0.15) is 5.82 Å². The van der Waals surface area contributed by atoms with Crippen molar-refractivity contribution in [3.05, 3.63) is 87.6 Å². The van der Waals surface area contributed by atoms with Crippen molar-refractivity contribution >= 4 is 23.4 Å². The molecule has 3 aromatic rings. The Morgan fingerprint density at radius 3 is 2.38 bits per heavy atom. The lowest BCUT2D eigenvalue weighted by molar-refractivity contribution is -0.130. The molecule has 1 aliphatic rings. The zero-order chi connectivity index (χ0) is 24.2. The SMILES string of the molecule is Cc1nc(SC(C)C(=O)N2CCN(c3ccccc3F)CC2)n(C)c(=O)c1Cc1ccccc1. The number of hydrogen-bond donors (Lipinski definition) is 0. The third-order valence-electron chi connectivity index (χ3n) is 6.19. The predicted octanol–water partition coefficient (Wildman–Crippen LogP) is 3.65. The van der Waals surface area contributed by atoms with E-state index in [1.165, 1.54) is 22.4 Å². The lowest BCUT2D eigenvalue weighted by atomic mass is 10.1. The number of carbonyl (C=O) groups is 1. The summed E-state index contributed by atoms with van der Waals surface area (Å²) in [5.41, 5.74) is 2.90. The van der Waals surface area contributed by atoms with Gasteiger partial charge in [-0.2, -0.15) is 0 Å². The molecule has 0 bridgehead atoms. The van der Waals surface area contributed by atoms with Crippen LogP contribution in [0.3, 0.4) is 0 Å². The summed E-state index contributed by atoms with van der Waals surface area (Å²) in [4.78, 5) is 34.6. The fourth-order valence-corrected chi connectivity index (χ4v) is 5.18. The number of benzene rings is 2. The number of rotatable bonds is 6. The van der Waals surface area contributed by atoms with Crippen LogP contribution in [0.1, 0.15) is 23.7 Å². The fourth-order valence-electron chi connectivity index (χ4n) is 4.18. The van der Waals surface area contributed by atoms with Gasteiger partial charge in [-0.15, -0.1) is 0 Å².